The molecule has 390 valence electrons. The Bertz CT molecular complexity index is 3030. The molecular formula is C62H82N10O2+2. The fraction of sp³-hybridized carbons (Fsp3) is 0.403. The van der Waals surface area contributed by atoms with Crippen molar-refractivity contribution in [1.29, 1.82) is 0 Å². The van der Waals surface area contributed by atoms with Crippen LogP contribution in [0, 0.1) is 13.8 Å². The molecule has 0 saturated heterocycles. The monoisotopic (exact) mass is 999 g/mol. The molecule has 12 heteroatoms. The zero-order valence-electron chi connectivity index (χ0n) is 45.6. The number of carbonyl (C=O) groups excluding carboxylic acids is 2. The number of aliphatic imine (C=N–C) groups is 1. The third-order valence-electron chi connectivity index (χ3n) is 14.4. The van der Waals surface area contributed by atoms with E-state index in [-0.39, 0.29) is 23.4 Å². The first kappa shape index (κ1) is 54.7. The number of fused-ring (bicyclic) bond motifs is 2. The van der Waals surface area contributed by atoms with Crippen molar-refractivity contribution in [2.75, 3.05) is 37.2 Å². The van der Waals surface area contributed by atoms with E-state index in [2.05, 4.69) is 130 Å². The Morgan fingerprint density at radius 2 is 1.23 bits per heavy atom. The highest BCUT2D eigenvalue weighted by Gasteiger charge is 2.38. The van der Waals surface area contributed by atoms with E-state index in [1.807, 2.05) is 61.5 Å². The molecule has 1 unspecified atom stereocenters. The summed E-state index contributed by atoms with van der Waals surface area (Å²) in [6, 6.07) is 24.5. The van der Waals surface area contributed by atoms with Crippen molar-refractivity contribution in [2.45, 2.75) is 138 Å². The quantitative estimate of drug-likeness (QED) is 0.0147. The first-order chi connectivity index (χ1) is 35.4. The molecule has 2 aliphatic rings. The molecule has 12 nitrogen and oxygen atoms in total. The van der Waals surface area contributed by atoms with Crippen molar-refractivity contribution in [3.05, 3.63) is 154 Å². The number of nitrogens with zero attached hydrogens (tertiary/aromatic N) is 3. The average Bonchev–Trinajstić information content (AvgIpc) is 3.35. The minimum Gasteiger partial charge on any atom is -0.402 e. The van der Waals surface area contributed by atoms with E-state index in [1.54, 1.807) is 0 Å². The number of hydrogen-bond acceptors (Lipinski definition) is 8. The summed E-state index contributed by atoms with van der Waals surface area (Å²) in [5, 5.41) is 15.8. The number of rotatable bonds is 23. The Balaban J connectivity index is 0.756. The summed E-state index contributed by atoms with van der Waals surface area (Å²) in [7, 11) is 0. The molecule has 4 aromatic carbocycles. The van der Waals surface area contributed by atoms with Gasteiger partial charge in [0.05, 0.1) is 11.8 Å². The second-order valence-electron chi connectivity index (χ2n) is 21.4. The number of allylic oxidation sites excluding steroid dienone is 6. The van der Waals surface area contributed by atoms with E-state index < -0.39 is 0 Å². The van der Waals surface area contributed by atoms with Gasteiger partial charge in [-0.2, -0.15) is 4.57 Å². The Hall–Kier alpha value is -7.05. The van der Waals surface area contributed by atoms with Crippen LogP contribution in [0.4, 0.5) is 11.4 Å². The van der Waals surface area contributed by atoms with Gasteiger partial charge in [-0.1, -0.05) is 56.5 Å². The molecule has 0 saturated carbocycles. The van der Waals surface area contributed by atoms with Crippen LogP contribution in [-0.2, 0) is 0 Å². The molecule has 0 spiro atoms. The molecule has 10 N–H and O–H groups in total. The van der Waals surface area contributed by atoms with Gasteiger partial charge in [0, 0.05) is 78.6 Å². The molecule has 74 heavy (non-hydrogen) atoms. The third kappa shape index (κ3) is 13.8. The predicted molar refractivity (Wildman–Crippen MR) is 307 cm³/mol. The number of aromatic nitrogens is 2. The van der Waals surface area contributed by atoms with Crippen LogP contribution in [-0.4, -0.2) is 60.3 Å². The Labute approximate surface area is 440 Å². The number of nitrogens with one attached hydrogen (secondary N) is 4. The van der Waals surface area contributed by atoms with Crippen molar-refractivity contribution < 1.29 is 19.5 Å². The molecule has 1 heterocycles. The first-order valence-corrected chi connectivity index (χ1v) is 26.9. The molecule has 2 amide bonds. The molecule has 5 aromatic rings. The maximum atomic E-state index is 13.0. The maximum absolute atomic E-state index is 13.0. The van der Waals surface area contributed by atoms with Crippen LogP contribution in [0.25, 0.3) is 33.2 Å². The van der Waals surface area contributed by atoms with E-state index in [0.717, 1.165) is 161 Å². The molecule has 0 fully saturated rings. The SMILES string of the molecule is C=C1C=C(NCCCCCCNC(=O)c2ccc(-c3ccc(C(=O)NCCCCCCNc4cc5c(cc4C)nc4cc(C)c(N)cc4[n+]5C(C)C)cc3)cc2)C(C)=CC1=NC1=CC(C)=C(N)CC1(C)[NH2+]C(C)C. The molecule has 2 aliphatic carbocycles. The fourth-order valence-corrected chi connectivity index (χ4v) is 10.1. The van der Waals surface area contributed by atoms with Gasteiger partial charge in [-0.15, -0.1) is 0 Å². The zero-order chi connectivity index (χ0) is 53.1. The Kier molecular flexibility index (Phi) is 18.3. The number of amides is 2. The highest BCUT2D eigenvalue weighted by Crippen LogP contribution is 2.31. The summed E-state index contributed by atoms with van der Waals surface area (Å²) in [6.45, 7) is 26.7. The van der Waals surface area contributed by atoms with Crippen LogP contribution in [0.5, 0.6) is 0 Å². The van der Waals surface area contributed by atoms with E-state index in [4.69, 9.17) is 21.4 Å². The van der Waals surface area contributed by atoms with Crippen LogP contribution in [0.2, 0.25) is 0 Å². The highest BCUT2D eigenvalue weighted by molar-refractivity contribution is 6.12. The Morgan fingerprint density at radius 3 is 1.78 bits per heavy atom. The minimum absolute atomic E-state index is 0.0687. The van der Waals surface area contributed by atoms with Gasteiger partial charge in [-0.3, -0.25) is 9.59 Å². The molecule has 1 aromatic heterocycles. The summed E-state index contributed by atoms with van der Waals surface area (Å²) in [5.41, 5.74) is 31.0. The summed E-state index contributed by atoms with van der Waals surface area (Å²) < 4.78 is 2.33. The summed E-state index contributed by atoms with van der Waals surface area (Å²) >= 11 is 0. The molecule has 7 rings (SSSR count). The predicted octanol–water partition coefficient (Wildman–Crippen LogP) is 10.5. The lowest BCUT2D eigenvalue weighted by Crippen LogP contribution is -2.99. The van der Waals surface area contributed by atoms with Crippen molar-refractivity contribution in [3.8, 4) is 11.1 Å². The van der Waals surface area contributed by atoms with E-state index in [1.165, 1.54) is 5.56 Å². The number of carbonyl (C=O) groups is 2. The lowest BCUT2D eigenvalue weighted by atomic mass is 9.84. The van der Waals surface area contributed by atoms with Crippen LogP contribution in [0.15, 0.2) is 136 Å². The molecule has 0 bridgehead atoms. The van der Waals surface area contributed by atoms with Crippen molar-refractivity contribution in [2.24, 2.45) is 10.7 Å². The van der Waals surface area contributed by atoms with Gasteiger partial charge >= 0.3 is 0 Å². The third-order valence-corrected chi connectivity index (χ3v) is 14.4. The number of aryl methyl sites for hydroxylation is 2. The number of hydrogen-bond donors (Lipinski definition) is 7. The lowest BCUT2D eigenvalue weighted by molar-refractivity contribution is -0.740. The summed E-state index contributed by atoms with van der Waals surface area (Å²) in [4.78, 5) is 36.1. The number of unbranched alkanes of at least 4 members (excludes halogenated alkanes) is 6. The topological polar surface area (TPSA) is 180 Å². The second kappa shape index (κ2) is 24.8. The highest BCUT2D eigenvalue weighted by atomic mass is 16.2. The van der Waals surface area contributed by atoms with E-state index in [9.17, 15) is 9.59 Å². The lowest BCUT2D eigenvalue weighted by Gasteiger charge is -2.34. The maximum Gasteiger partial charge on any atom is 0.251 e. The van der Waals surface area contributed by atoms with Crippen molar-refractivity contribution in [3.63, 3.8) is 0 Å². The number of benzene rings is 4. The summed E-state index contributed by atoms with van der Waals surface area (Å²) in [5.74, 6) is -0.139. The van der Waals surface area contributed by atoms with Crippen molar-refractivity contribution >= 4 is 51.0 Å². The van der Waals surface area contributed by atoms with Gasteiger partial charge in [0.2, 0.25) is 11.0 Å². The number of quaternary nitrogens is 1. The fourth-order valence-electron chi connectivity index (χ4n) is 10.1. The van der Waals surface area contributed by atoms with Gasteiger partial charge in [-0.25, -0.2) is 9.98 Å². The van der Waals surface area contributed by atoms with E-state index in [0.29, 0.717) is 30.3 Å². The van der Waals surface area contributed by atoms with Gasteiger partial charge in [-0.05, 0) is 182 Å². The largest absolute Gasteiger partial charge is 0.402 e. The second-order valence-corrected chi connectivity index (χ2v) is 21.4. The number of nitrogen functional groups attached to an aromatic ring is 1. The van der Waals surface area contributed by atoms with Crippen molar-refractivity contribution in [1.82, 2.24) is 20.9 Å². The van der Waals surface area contributed by atoms with E-state index >= 15 is 0 Å². The molecule has 0 radical (unpaired) electrons. The molecule has 0 aliphatic heterocycles. The van der Waals surface area contributed by atoms with Gasteiger partial charge in [0.25, 0.3) is 11.8 Å². The van der Waals surface area contributed by atoms with Gasteiger partial charge in [0.1, 0.15) is 22.3 Å². The summed E-state index contributed by atoms with van der Waals surface area (Å²) in [6.07, 6.45) is 15.2. The zero-order valence-corrected chi connectivity index (χ0v) is 45.6. The van der Waals surface area contributed by atoms with Crippen LogP contribution >= 0.6 is 0 Å². The first-order valence-electron chi connectivity index (χ1n) is 26.9. The standard InChI is InChI=1S/C62H80N10O2/c1-39(2)71-62(10)38-51(64)42(6)35-59(62)70-54-33-43(7)52(32-45(54)9)65-27-15-11-13-17-29-67-60(73)48-23-19-46(20-24-48)47-21-25-49(26-22-47)61(74)68-30-18-14-12-16-28-66-53-37-58-56(34-44(53)8)69-55-31-41(5)50(63)36-57(55)72(58)40(3)4/h19-26,31-37,39-40,65,71H,9,11-18,27-30,38,64H2,1-8,10H3,(H4,63,66,67,68,73,74)/p+2. The number of nitrogens with two attached hydrogens (primary N) is 3. The van der Waals surface area contributed by atoms with Crippen LogP contribution in [0.1, 0.15) is 144 Å². The smallest absolute Gasteiger partial charge is 0.251 e. The molecular weight excluding hydrogens is 917 g/mol. The van der Waals surface area contributed by atoms with Crippen LogP contribution in [0.3, 0.4) is 0 Å². The molecule has 1 atom stereocenters. The minimum atomic E-state index is -0.226. The van der Waals surface area contributed by atoms with Gasteiger partial charge in [0.15, 0.2) is 6.04 Å². The average molecular weight is 999 g/mol. The number of anilines is 2. The van der Waals surface area contributed by atoms with Crippen LogP contribution < -0.4 is 42.6 Å². The van der Waals surface area contributed by atoms with Gasteiger partial charge < -0.3 is 38.1 Å². The normalized spacial score (nSPS) is 16.5. The Morgan fingerprint density at radius 1 is 0.703 bits per heavy atom.